The average molecular weight is 471 g/mol. The Labute approximate surface area is 182 Å². The minimum atomic E-state index is -4.82. The van der Waals surface area contributed by atoms with Crippen LogP contribution in [0.5, 0.6) is 5.75 Å². The molecule has 0 aliphatic carbocycles. The zero-order valence-electron chi connectivity index (χ0n) is 17.6. The van der Waals surface area contributed by atoms with Crippen LogP contribution in [0.25, 0.3) is 0 Å². The lowest BCUT2D eigenvalue weighted by atomic mass is 9.96. The first-order chi connectivity index (χ1) is 14.6. The zero-order valence-corrected chi connectivity index (χ0v) is 18.4. The van der Waals surface area contributed by atoms with Crippen molar-refractivity contribution >= 4 is 21.8 Å². The van der Waals surface area contributed by atoms with Crippen LogP contribution in [0.2, 0.25) is 0 Å². The summed E-state index contributed by atoms with van der Waals surface area (Å²) in [7, 11) is -3.75. The van der Waals surface area contributed by atoms with Gasteiger partial charge in [-0.1, -0.05) is 20.8 Å². The van der Waals surface area contributed by atoms with E-state index in [9.17, 15) is 26.4 Å². The molecule has 0 unspecified atom stereocenters. The molecule has 1 N–H and O–H groups in total. The monoisotopic (exact) mass is 471 g/mol. The van der Waals surface area contributed by atoms with E-state index in [2.05, 4.69) is 15.4 Å². The van der Waals surface area contributed by atoms with Crippen molar-refractivity contribution in [2.24, 2.45) is 5.41 Å². The number of carbonyl (C=O) groups is 1. The Bertz CT molecular complexity index is 1140. The number of carbonyl (C=O) groups excluding carboxylic acids is 1. The van der Waals surface area contributed by atoms with Crippen molar-refractivity contribution in [3.63, 3.8) is 0 Å². The molecule has 0 aliphatic rings. The molecular formula is C19H20F3N5O4S. The Kier molecular flexibility index (Phi) is 6.99. The number of nitrogens with zero attached hydrogens (tertiary/aromatic N) is 4. The van der Waals surface area contributed by atoms with Gasteiger partial charge in [0.1, 0.15) is 11.8 Å². The molecule has 0 saturated carbocycles. The first-order valence-electron chi connectivity index (χ1n) is 9.02. The molecule has 1 amide bonds. The van der Waals surface area contributed by atoms with Crippen LogP contribution in [-0.4, -0.2) is 37.1 Å². The molecule has 13 heteroatoms. The summed E-state index contributed by atoms with van der Waals surface area (Å²) < 4.78 is 66.7. The summed E-state index contributed by atoms with van der Waals surface area (Å²) in [5, 5.41) is 10.1. The molecule has 0 spiro atoms. The van der Waals surface area contributed by atoms with Gasteiger partial charge in [0.2, 0.25) is 5.82 Å². The minimum Gasteiger partial charge on any atom is -0.383 e. The molecule has 0 bridgehead atoms. The van der Waals surface area contributed by atoms with Crippen molar-refractivity contribution in [2.45, 2.75) is 26.9 Å². The molecular weight excluding hydrogens is 451 g/mol. The number of halogens is 3. The molecule has 0 atom stereocenters. The van der Waals surface area contributed by atoms with Crippen LogP contribution >= 0.6 is 0 Å². The summed E-state index contributed by atoms with van der Waals surface area (Å²) in [6.45, 7) is 5.43. The van der Waals surface area contributed by atoms with Gasteiger partial charge in [-0.3, -0.25) is 15.2 Å². The zero-order chi connectivity index (χ0) is 24.3. The standard InChI is InChI=1S/C19H20F3N5O4S/c1-18(2,3)11-27(16-9-14(19(20,21)22)24-15(10-23)25-16)26-17(28)12-5-7-13(8-6-12)31-32(4,29)30/h5-9H,11H2,1-4H3,(H,26,28). The fourth-order valence-corrected chi connectivity index (χ4v) is 2.90. The van der Waals surface area contributed by atoms with Crippen LogP contribution in [0.15, 0.2) is 30.3 Å². The molecule has 1 aromatic carbocycles. The van der Waals surface area contributed by atoms with Gasteiger partial charge in [-0.25, -0.2) is 4.98 Å². The van der Waals surface area contributed by atoms with E-state index in [4.69, 9.17) is 9.44 Å². The number of nitrogens with one attached hydrogen (secondary N) is 1. The van der Waals surface area contributed by atoms with Crippen molar-refractivity contribution in [1.29, 1.82) is 5.26 Å². The fourth-order valence-electron chi connectivity index (χ4n) is 2.44. The first kappa shape index (κ1) is 24.9. The van der Waals surface area contributed by atoms with Crippen LogP contribution in [-0.2, 0) is 16.3 Å². The number of aromatic nitrogens is 2. The number of hydrogen-bond donors (Lipinski definition) is 1. The Morgan fingerprint density at radius 1 is 1.19 bits per heavy atom. The van der Waals surface area contributed by atoms with E-state index in [1.54, 1.807) is 20.8 Å². The van der Waals surface area contributed by atoms with Crippen LogP contribution < -0.4 is 14.6 Å². The number of benzene rings is 1. The largest absolute Gasteiger partial charge is 0.433 e. The van der Waals surface area contributed by atoms with Crippen molar-refractivity contribution < 1.29 is 30.6 Å². The lowest BCUT2D eigenvalue weighted by Crippen LogP contribution is -2.47. The molecule has 0 aliphatic heterocycles. The molecule has 1 aromatic heterocycles. The van der Waals surface area contributed by atoms with Crippen molar-refractivity contribution in [1.82, 2.24) is 15.4 Å². The van der Waals surface area contributed by atoms with Crippen LogP contribution in [0.4, 0.5) is 19.0 Å². The summed E-state index contributed by atoms with van der Waals surface area (Å²) in [6, 6.07) is 7.20. The maximum Gasteiger partial charge on any atom is 0.433 e. The smallest absolute Gasteiger partial charge is 0.383 e. The number of rotatable bonds is 6. The highest BCUT2D eigenvalue weighted by atomic mass is 32.2. The number of hydrogen-bond acceptors (Lipinski definition) is 8. The highest BCUT2D eigenvalue weighted by Gasteiger charge is 2.35. The number of hydrazine groups is 1. The van der Waals surface area contributed by atoms with Gasteiger partial charge in [0.25, 0.3) is 5.91 Å². The number of alkyl halides is 3. The van der Waals surface area contributed by atoms with E-state index < -0.39 is 39.1 Å². The van der Waals surface area contributed by atoms with E-state index in [-0.39, 0.29) is 23.7 Å². The average Bonchev–Trinajstić information content (AvgIpc) is 2.64. The second-order valence-corrected chi connectivity index (χ2v) is 9.52. The molecule has 0 fully saturated rings. The highest BCUT2D eigenvalue weighted by Crippen LogP contribution is 2.30. The van der Waals surface area contributed by atoms with Gasteiger partial charge in [0.05, 0.1) is 6.26 Å². The third-order valence-corrected chi connectivity index (χ3v) is 4.11. The maximum absolute atomic E-state index is 13.2. The summed E-state index contributed by atoms with van der Waals surface area (Å²) >= 11 is 0. The molecule has 0 saturated heterocycles. The number of anilines is 1. The second kappa shape index (κ2) is 8.99. The van der Waals surface area contributed by atoms with Crippen molar-refractivity contribution in [3.05, 3.63) is 47.4 Å². The van der Waals surface area contributed by atoms with Gasteiger partial charge in [-0.15, -0.1) is 0 Å². The normalized spacial score (nSPS) is 12.1. The fraction of sp³-hybridized carbons (Fsp3) is 0.368. The van der Waals surface area contributed by atoms with E-state index in [0.717, 1.165) is 11.3 Å². The molecule has 172 valence electrons. The first-order valence-corrected chi connectivity index (χ1v) is 10.8. The Morgan fingerprint density at radius 3 is 2.25 bits per heavy atom. The van der Waals surface area contributed by atoms with Gasteiger partial charge in [0.15, 0.2) is 11.5 Å². The third-order valence-electron chi connectivity index (χ3n) is 3.61. The van der Waals surface area contributed by atoms with Gasteiger partial charge < -0.3 is 4.18 Å². The van der Waals surface area contributed by atoms with E-state index in [1.165, 1.54) is 30.3 Å². The SMILES string of the molecule is CC(C)(C)CN(NC(=O)c1ccc(OS(C)(=O)=O)cc1)c1cc(C(F)(F)F)nc(C#N)n1. The van der Waals surface area contributed by atoms with Gasteiger partial charge in [-0.05, 0) is 29.7 Å². The van der Waals surface area contributed by atoms with Crippen LogP contribution in [0, 0.1) is 16.7 Å². The lowest BCUT2D eigenvalue weighted by Gasteiger charge is -2.31. The number of nitriles is 1. The molecule has 0 radical (unpaired) electrons. The molecule has 2 rings (SSSR count). The lowest BCUT2D eigenvalue weighted by molar-refractivity contribution is -0.141. The Balaban J connectivity index is 2.38. The van der Waals surface area contributed by atoms with E-state index in [0.29, 0.717) is 6.07 Å². The number of amides is 1. The second-order valence-electron chi connectivity index (χ2n) is 7.94. The predicted octanol–water partition coefficient (Wildman–Crippen LogP) is 2.90. The summed E-state index contributed by atoms with van der Waals surface area (Å²) in [6.07, 6.45) is -3.96. The summed E-state index contributed by atoms with van der Waals surface area (Å²) in [4.78, 5) is 19.7. The van der Waals surface area contributed by atoms with Gasteiger partial charge >= 0.3 is 16.3 Å². The predicted molar refractivity (Wildman–Crippen MR) is 108 cm³/mol. The minimum absolute atomic E-state index is 0.0140. The maximum atomic E-state index is 13.2. The van der Waals surface area contributed by atoms with Crippen LogP contribution in [0.3, 0.4) is 0 Å². The Morgan fingerprint density at radius 2 is 1.78 bits per heavy atom. The van der Waals surface area contributed by atoms with Crippen molar-refractivity contribution in [3.8, 4) is 11.8 Å². The Hall–Kier alpha value is -3.40. The molecule has 2 aromatic rings. The van der Waals surface area contributed by atoms with Gasteiger partial charge in [0, 0.05) is 18.2 Å². The summed E-state index contributed by atoms with van der Waals surface area (Å²) in [5.74, 6) is -1.74. The molecule has 32 heavy (non-hydrogen) atoms. The molecule has 1 heterocycles. The summed E-state index contributed by atoms with van der Waals surface area (Å²) in [5.41, 5.74) is 0.737. The van der Waals surface area contributed by atoms with Crippen LogP contribution in [0.1, 0.15) is 42.6 Å². The van der Waals surface area contributed by atoms with E-state index in [1.807, 2.05) is 0 Å². The van der Waals surface area contributed by atoms with Gasteiger partial charge in [-0.2, -0.15) is 31.8 Å². The third kappa shape index (κ3) is 7.38. The molecule has 9 nitrogen and oxygen atoms in total. The van der Waals surface area contributed by atoms with Crippen molar-refractivity contribution in [2.75, 3.05) is 17.8 Å². The highest BCUT2D eigenvalue weighted by molar-refractivity contribution is 7.86. The topological polar surface area (TPSA) is 125 Å². The van der Waals surface area contributed by atoms with E-state index >= 15 is 0 Å². The quantitative estimate of drug-likeness (QED) is 0.504.